The summed E-state index contributed by atoms with van der Waals surface area (Å²) in [6.07, 6.45) is 1.06. The molecular weight excluding hydrogens is 362 g/mol. The fraction of sp³-hybridized carbons (Fsp3) is 0.400. The minimum absolute atomic E-state index is 0.693. The lowest BCUT2D eigenvalue weighted by molar-refractivity contribution is 0.184. The quantitative estimate of drug-likeness (QED) is 0.503. The van der Waals surface area contributed by atoms with E-state index in [1.807, 2.05) is 0 Å². The highest BCUT2D eigenvalue weighted by Crippen LogP contribution is 2.29. The summed E-state index contributed by atoms with van der Waals surface area (Å²) in [5.41, 5.74) is 5.94. The van der Waals surface area contributed by atoms with Crippen LogP contribution in [0.2, 0.25) is 0 Å². The number of hydrogen-bond acceptors (Lipinski definition) is 5. The first-order valence-electron chi connectivity index (χ1n) is 8.81. The standard InChI is InChI=1S/C20H25N3OS2/c1-5-16-6-8-17(9-7-16)19-22-18(12-25-19)13-26-20-21-14(2)15(3)23(20)10-11-24-4/h6-9,12H,5,10-11,13H2,1-4H3. The summed E-state index contributed by atoms with van der Waals surface area (Å²) in [4.78, 5) is 9.52. The molecule has 4 nitrogen and oxygen atoms in total. The molecule has 3 aromatic rings. The molecule has 0 aliphatic carbocycles. The molecule has 138 valence electrons. The highest BCUT2D eigenvalue weighted by atomic mass is 32.2. The highest BCUT2D eigenvalue weighted by molar-refractivity contribution is 7.98. The van der Waals surface area contributed by atoms with Crippen LogP contribution >= 0.6 is 23.1 Å². The van der Waals surface area contributed by atoms with Crippen LogP contribution in [-0.2, 0) is 23.5 Å². The first kappa shape index (κ1) is 19.1. The van der Waals surface area contributed by atoms with E-state index in [1.54, 1.807) is 30.2 Å². The van der Waals surface area contributed by atoms with Gasteiger partial charge in [-0.2, -0.15) is 0 Å². The van der Waals surface area contributed by atoms with E-state index < -0.39 is 0 Å². The van der Waals surface area contributed by atoms with Gasteiger partial charge in [-0.3, -0.25) is 0 Å². The predicted molar refractivity (Wildman–Crippen MR) is 110 cm³/mol. The molecule has 2 aromatic heterocycles. The Morgan fingerprint density at radius 2 is 1.92 bits per heavy atom. The molecule has 0 bridgehead atoms. The molecule has 0 amide bonds. The van der Waals surface area contributed by atoms with Gasteiger partial charge < -0.3 is 9.30 Å². The average Bonchev–Trinajstić information content (AvgIpc) is 3.24. The molecule has 1 aromatic carbocycles. The van der Waals surface area contributed by atoms with Crippen LogP contribution in [0.15, 0.2) is 34.8 Å². The van der Waals surface area contributed by atoms with Crippen LogP contribution in [-0.4, -0.2) is 28.3 Å². The summed E-state index contributed by atoms with van der Waals surface area (Å²) in [6, 6.07) is 8.70. The van der Waals surface area contributed by atoms with Crippen molar-refractivity contribution in [2.75, 3.05) is 13.7 Å². The van der Waals surface area contributed by atoms with Gasteiger partial charge >= 0.3 is 0 Å². The van der Waals surface area contributed by atoms with Crippen LogP contribution in [0.4, 0.5) is 0 Å². The Morgan fingerprint density at radius 1 is 1.15 bits per heavy atom. The SMILES string of the molecule is CCc1ccc(-c2nc(CSc3nc(C)c(C)n3CCOC)cs2)cc1. The van der Waals surface area contributed by atoms with Crippen molar-refractivity contribution in [1.29, 1.82) is 0 Å². The average molecular weight is 388 g/mol. The molecule has 0 aliphatic rings. The van der Waals surface area contributed by atoms with Gasteiger partial charge in [0, 0.05) is 36.0 Å². The van der Waals surface area contributed by atoms with Gasteiger partial charge in [0.25, 0.3) is 0 Å². The Bertz CT molecular complexity index is 853. The van der Waals surface area contributed by atoms with Crippen molar-refractivity contribution in [1.82, 2.24) is 14.5 Å². The van der Waals surface area contributed by atoms with Crippen molar-refractivity contribution in [3.8, 4) is 10.6 Å². The molecule has 2 heterocycles. The summed E-state index contributed by atoms with van der Waals surface area (Å²) in [7, 11) is 1.73. The third-order valence-corrected chi connectivity index (χ3v) is 6.40. The number of nitrogens with zero attached hydrogens (tertiary/aromatic N) is 3. The van der Waals surface area contributed by atoms with Crippen molar-refractivity contribution in [3.63, 3.8) is 0 Å². The molecule has 6 heteroatoms. The molecule has 0 aliphatic heterocycles. The zero-order chi connectivity index (χ0) is 18.5. The van der Waals surface area contributed by atoms with E-state index in [4.69, 9.17) is 14.7 Å². The number of imidazole rings is 1. The number of methoxy groups -OCH3 is 1. The van der Waals surface area contributed by atoms with E-state index in [2.05, 4.69) is 55.0 Å². The number of thioether (sulfide) groups is 1. The Balaban J connectivity index is 1.69. The largest absolute Gasteiger partial charge is 0.383 e. The number of benzene rings is 1. The van der Waals surface area contributed by atoms with Gasteiger partial charge in [-0.25, -0.2) is 9.97 Å². The molecule has 0 unspecified atom stereocenters. The van der Waals surface area contributed by atoms with Gasteiger partial charge in [0.2, 0.25) is 0 Å². The second-order valence-corrected chi connectivity index (χ2v) is 7.99. The van der Waals surface area contributed by atoms with Crippen molar-refractivity contribution >= 4 is 23.1 Å². The molecule has 26 heavy (non-hydrogen) atoms. The first-order valence-corrected chi connectivity index (χ1v) is 10.7. The molecule has 0 radical (unpaired) electrons. The Hall–Kier alpha value is -1.63. The van der Waals surface area contributed by atoms with Gasteiger partial charge in [-0.05, 0) is 25.8 Å². The minimum atomic E-state index is 0.693. The molecular formula is C20H25N3OS2. The van der Waals surface area contributed by atoms with Crippen molar-refractivity contribution in [3.05, 3.63) is 52.3 Å². The van der Waals surface area contributed by atoms with E-state index in [1.165, 1.54) is 16.8 Å². The van der Waals surface area contributed by atoms with E-state index >= 15 is 0 Å². The molecule has 0 N–H and O–H groups in total. The zero-order valence-corrected chi connectivity index (χ0v) is 17.4. The Kier molecular flexibility index (Phi) is 6.51. The highest BCUT2D eigenvalue weighted by Gasteiger charge is 2.13. The molecule has 0 fully saturated rings. The maximum atomic E-state index is 5.23. The van der Waals surface area contributed by atoms with Gasteiger partial charge in [-0.15, -0.1) is 11.3 Å². The number of aromatic nitrogens is 3. The van der Waals surface area contributed by atoms with Crippen molar-refractivity contribution < 1.29 is 4.74 Å². The third-order valence-electron chi connectivity index (χ3n) is 4.45. The number of hydrogen-bond donors (Lipinski definition) is 0. The third kappa shape index (κ3) is 4.37. The maximum absolute atomic E-state index is 5.23. The second-order valence-electron chi connectivity index (χ2n) is 6.19. The summed E-state index contributed by atoms with van der Waals surface area (Å²) in [6.45, 7) is 7.87. The Morgan fingerprint density at radius 3 is 2.62 bits per heavy atom. The van der Waals surface area contributed by atoms with Crippen LogP contribution in [0.5, 0.6) is 0 Å². The van der Waals surface area contributed by atoms with E-state index in [-0.39, 0.29) is 0 Å². The van der Waals surface area contributed by atoms with Gasteiger partial charge in [0.05, 0.1) is 18.0 Å². The second kappa shape index (κ2) is 8.84. The van der Waals surface area contributed by atoms with Crippen molar-refractivity contribution in [2.45, 2.75) is 44.6 Å². The van der Waals surface area contributed by atoms with Crippen LogP contribution in [0.3, 0.4) is 0 Å². The number of ether oxygens (including phenoxy) is 1. The van der Waals surface area contributed by atoms with Crippen LogP contribution in [0.25, 0.3) is 10.6 Å². The lowest BCUT2D eigenvalue weighted by Gasteiger charge is -2.08. The van der Waals surface area contributed by atoms with Crippen LogP contribution < -0.4 is 0 Å². The molecule has 0 saturated heterocycles. The smallest absolute Gasteiger partial charge is 0.168 e. The normalized spacial score (nSPS) is 11.2. The molecule has 0 atom stereocenters. The summed E-state index contributed by atoms with van der Waals surface area (Å²) in [5.74, 6) is 0.826. The van der Waals surface area contributed by atoms with Gasteiger partial charge in [0.1, 0.15) is 5.01 Å². The molecule has 3 rings (SSSR count). The fourth-order valence-electron chi connectivity index (χ4n) is 2.71. The predicted octanol–water partition coefficient (Wildman–Crippen LogP) is 5.12. The maximum Gasteiger partial charge on any atom is 0.168 e. The van der Waals surface area contributed by atoms with E-state index in [0.717, 1.165) is 40.3 Å². The van der Waals surface area contributed by atoms with Crippen LogP contribution in [0.1, 0.15) is 29.6 Å². The molecule has 0 spiro atoms. The van der Waals surface area contributed by atoms with Crippen molar-refractivity contribution in [2.24, 2.45) is 0 Å². The van der Waals surface area contributed by atoms with E-state index in [0.29, 0.717) is 6.61 Å². The van der Waals surface area contributed by atoms with Gasteiger partial charge in [-0.1, -0.05) is 43.0 Å². The molecule has 0 saturated carbocycles. The van der Waals surface area contributed by atoms with Gasteiger partial charge in [0.15, 0.2) is 5.16 Å². The topological polar surface area (TPSA) is 39.9 Å². The summed E-state index contributed by atoms with van der Waals surface area (Å²) in [5, 5.41) is 4.27. The lowest BCUT2D eigenvalue weighted by atomic mass is 10.1. The minimum Gasteiger partial charge on any atom is -0.383 e. The number of aryl methyl sites for hydroxylation is 2. The fourth-order valence-corrected chi connectivity index (χ4v) is 4.65. The van der Waals surface area contributed by atoms with Crippen LogP contribution in [0, 0.1) is 13.8 Å². The summed E-state index contributed by atoms with van der Waals surface area (Å²) >= 11 is 3.45. The monoisotopic (exact) mass is 387 g/mol. The summed E-state index contributed by atoms with van der Waals surface area (Å²) < 4.78 is 7.46. The zero-order valence-electron chi connectivity index (χ0n) is 15.8. The van der Waals surface area contributed by atoms with E-state index in [9.17, 15) is 0 Å². The lowest BCUT2D eigenvalue weighted by Crippen LogP contribution is -2.07. The Labute approximate surface area is 163 Å². The number of rotatable bonds is 8. The first-order chi connectivity index (χ1) is 12.6. The number of thiazole rings is 1.